The molecule has 1 N–H and O–H groups in total. The van der Waals surface area contributed by atoms with Crippen molar-refractivity contribution in [3.63, 3.8) is 0 Å². The van der Waals surface area contributed by atoms with Gasteiger partial charge in [0, 0.05) is 12.2 Å². The molecule has 0 aromatic heterocycles. The molecule has 1 aliphatic heterocycles. The van der Waals surface area contributed by atoms with Crippen molar-refractivity contribution in [3.05, 3.63) is 24.3 Å². The number of rotatable bonds is 5. The lowest BCUT2D eigenvalue weighted by atomic mass is 9.67. The summed E-state index contributed by atoms with van der Waals surface area (Å²) in [5.41, 5.74) is -0.207. The molecule has 27 heavy (non-hydrogen) atoms. The number of nitrogens with zero attached hydrogens (tertiary/aromatic N) is 1. The first-order valence-corrected chi connectivity index (χ1v) is 11.3. The van der Waals surface area contributed by atoms with Gasteiger partial charge in [-0.3, -0.25) is 4.79 Å². The molecule has 1 amide bonds. The van der Waals surface area contributed by atoms with Gasteiger partial charge in [-0.1, -0.05) is 6.92 Å². The Labute approximate surface area is 160 Å². The Balaban J connectivity index is 1.44. The van der Waals surface area contributed by atoms with Crippen LogP contribution in [-0.4, -0.2) is 36.8 Å². The Morgan fingerprint density at radius 3 is 2.30 bits per heavy atom. The molecule has 148 valence electrons. The highest BCUT2D eigenvalue weighted by atomic mass is 32.2. The fourth-order valence-corrected chi connectivity index (χ4v) is 5.55. The van der Waals surface area contributed by atoms with Gasteiger partial charge in [-0.05, 0) is 75.6 Å². The van der Waals surface area contributed by atoms with Crippen molar-refractivity contribution in [3.8, 4) is 5.75 Å². The minimum atomic E-state index is -3.52. The van der Waals surface area contributed by atoms with Crippen LogP contribution < -0.4 is 9.08 Å². The van der Waals surface area contributed by atoms with E-state index in [1.165, 1.54) is 0 Å². The van der Waals surface area contributed by atoms with E-state index in [-0.39, 0.29) is 22.3 Å². The van der Waals surface area contributed by atoms with Crippen LogP contribution in [-0.2, 0) is 14.9 Å². The quantitative estimate of drug-likeness (QED) is 0.778. The number of hydrogen-bond donors (Lipinski definition) is 1. The fraction of sp³-hybridized carbons (Fsp3) is 0.650. The summed E-state index contributed by atoms with van der Waals surface area (Å²) in [4.78, 5) is 14.9. The largest absolute Gasteiger partial charge is 0.390 e. The number of carbonyl (C=O) groups excluding carboxylic acids is 1. The molecule has 6 nitrogen and oxygen atoms in total. The van der Waals surface area contributed by atoms with Crippen molar-refractivity contribution in [1.29, 1.82) is 0 Å². The van der Waals surface area contributed by atoms with Crippen molar-refractivity contribution in [2.75, 3.05) is 11.4 Å². The van der Waals surface area contributed by atoms with Gasteiger partial charge in [-0.15, -0.1) is 0 Å². The zero-order valence-electron chi connectivity index (χ0n) is 15.7. The van der Waals surface area contributed by atoms with Gasteiger partial charge in [0.2, 0.25) is 5.91 Å². The summed E-state index contributed by atoms with van der Waals surface area (Å²) in [7, 11) is -3.52. The Bertz CT molecular complexity index is 820. The third-order valence-electron chi connectivity index (χ3n) is 6.60. The summed E-state index contributed by atoms with van der Waals surface area (Å²) in [6.07, 6.45) is 5.67. The topological polar surface area (TPSA) is 83.9 Å². The van der Waals surface area contributed by atoms with Crippen molar-refractivity contribution in [1.82, 2.24) is 0 Å². The fourth-order valence-electron chi connectivity index (χ4n) is 4.32. The van der Waals surface area contributed by atoms with E-state index >= 15 is 0 Å². The first-order valence-electron chi connectivity index (χ1n) is 9.85. The highest BCUT2D eigenvalue weighted by Gasteiger charge is 2.51. The van der Waals surface area contributed by atoms with Crippen LogP contribution in [0.5, 0.6) is 5.75 Å². The maximum absolute atomic E-state index is 13.1. The van der Waals surface area contributed by atoms with E-state index in [0.717, 1.165) is 31.4 Å². The van der Waals surface area contributed by atoms with Gasteiger partial charge in [-0.2, -0.15) is 8.42 Å². The third-order valence-corrected chi connectivity index (χ3v) is 8.31. The maximum atomic E-state index is 13.1. The van der Waals surface area contributed by atoms with Crippen LogP contribution in [0.4, 0.5) is 5.69 Å². The number of hydrogen-bond acceptors (Lipinski definition) is 5. The van der Waals surface area contributed by atoms with Crippen LogP contribution in [0, 0.1) is 5.41 Å². The van der Waals surface area contributed by atoms with Crippen molar-refractivity contribution in [2.45, 2.75) is 69.1 Å². The van der Waals surface area contributed by atoms with E-state index < -0.39 is 15.7 Å². The number of carbonyl (C=O) groups is 1. The predicted molar refractivity (Wildman–Crippen MR) is 102 cm³/mol. The molecule has 0 atom stereocenters. The van der Waals surface area contributed by atoms with Crippen molar-refractivity contribution >= 4 is 21.7 Å². The second-order valence-corrected chi connectivity index (χ2v) is 10.2. The molecule has 1 aromatic carbocycles. The summed E-state index contributed by atoms with van der Waals surface area (Å²) in [5, 5.41) is 10.1. The lowest BCUT2D eigenvalue weighted by Gasteiger charge is -2.40. The van der Waals surface area contributed by atoms with Crippen LogP contribution in [0.15, 0.2) is 24.3 Å². The molecule has 0 radical (unpaired) electrons. The van der Waals surface area contributed by atoms with Crippen LogP contribution in [0.1, 0.15) is 58.3 Å². The zero-order valence-corrected chi connectivity index (χ0v) is 16.5. The molecule has 0 unspecified atom stereocenters. The minimum Gasteiger partial charge on any atom is -0.390 e. The van der Waals surface area contributed by atoms with Gasteiger partial charge in [0.05, 0.1) is 16.3 Å². The van der Waals surface area contributed by atoms with E-state index in [0.29, 0.717) is 32.2 Å². The van der Waals surface area contributed by atoms with E-state index in [1.807, 2.05) is 6.92 Å². The van der Waals surface area contributed by atoms with Gasteiger partial charge in [0.15, 0.2) is 0 Å². The molecule has 3 fully saturated rings. The Kier molecular flexibility index (Phi) is 4.50. The van der Waals surface area contributed by atoms with E-state index in [9.17, 15) is 18.3 Å². The van der Waals surface area contributed by atoms with E-state index in [4.69, 9.17) is 4.18 Å². The zero-order chi connectivity index (χ0) is 19.3. The summed E-state index contributed by atoms with van der Waals surface area (Å²) in [6, 6.07) is 6.73. The van der Waals surface area contributed by atoms with Crippen LogP contribution in [0.2, 0.25) is 0 Å². The lowest BCUT2D eigenvalue weighted by Crippen LogP contribution is -2.43. The molecule has 1 saturated heterocycles. The average Bonchev–Trinajstić information content (AvgIpc) is 3.46. The third kappa shape index (κ3) is 3.47. The molecule has 3 aliphatic rings. The maximum Gasteiger partial charge on any atom is 0.312 e. The second kappa shape index (κ2) is 6.48. The second-order valence-electron chi connectivity index (χ2n) is 8.33. The Morgan fingerprint density at radius 2 is 1.74 bits per heavy atom. The number of amides is 1. The number of benzene rings is 1. The Hall–Kier alpha value is -1.60. The highest BCUT2D eigenvalue weighted by Crippen LogP contribution is 2.49. The van der Waals surface area contributed by atoms with Crippen molar-refractivity contribution < 1.29 is 22.5 Å². The van der Waals surface area contributed by atoms with Gasteiger partial charge >= 0.3 is 10.1 Å². The monoisotopic (exact) mass is 393 g/mol. The molecule has 7 heteroatoms. The van der Waals surface area contributed by atoms with E-state index in [2.05, 4.69) is 0 Å². The first-order chi connectivity index (χ1) is 12.8. The predicted octanol–water partition coefficient (Wildman–Crippen LogP) is 3.00. The molecule has 0 bridgehead atoms. The van der Waals surface area contributed by atoms with Crippen molar-refractivity contribution in [2.24, 2.45) is 5.41 Å². The van der Waals surface area contributed by atoms with Crippen LogP contribution in [0.25, 0.3) is 0 Å². The first kappa shape index (κ1) is 18.7. The summed E-state index contributed by atoms with van der Waals surface area (Å²) >= 11 is 0. The lowest BCUT2D eigenvalue weighted by molar-refractivity contribution is -0.130. The van der Waals surface area contributed by atoms with Gasteiger partial charge < -0.3 is 14.2 Å². The number of aliphatic hydroxyl groups is 1. The summed E-state index contributed by atoms with van der Waals surface area (Å²) in [6.45, 7) is 2.65. The Morgan fingerprint density at radius 1 is 1.11 bits per heavy atom. The average molecular weight is 394 g/mol. The SMILES string of the molecule is CC[C@]1(O)CC[C@]2(CCN(c3ccc(OS(=O)(=O)C4CC4)cc3)C2=O)CC1. The number of anilines is 1. The van der Waals surface area contributed by atoms with E-state index in [1.54, 1.807) is 29.2 Å². The van der Waals surface area contributed by atoms with Gasteiger partial charge in [-0.25, -0.2) is 0 Å². The molecule has 1 aromatic rings. The molecule has 1 heterocycles. The minimum absolute atomic E-state index is 0.125. The molecule has 4 rings (SSSR count). The van der Waals surface area contributed by atoms with Crippen LogP contribution in [0.3, 0.4) is 0 Å². The standard InChI is InChI=1S/C20H27NO5S/c1-2-20(23)11-9-19(10-12-20)13-14-21(18(19)22)15-3-5-16(6-4-15)26-27(24,25)17-7-8-17/h3-6,17,23H,2,7-14H2,1H3/t19-,20+. The van der Waals surface area contributed by atoms with Gasteiger partial charge in [0.1, 0.15) is 5.75 Å². The summed E-state index contributed by atoms with van der Waals surface area (Å²) < 4.78 is 29.0. The molecule has 2 aliphatic carbocycles. The molecule has 1 spiro atoms. The highest BCUT2D eigenvalue weighted by molar-refractivity contribution is 7.88. The molecular formula is C20H27NO5S. The normalized spacial score (nSPS) is 31.5. The summed E-state index contributed by atoms with van der Waals surface area (Å²) in [5.74, 6) is 0.414. The molecule has 2 saturated carbocycles. The molecular weight excluding hydrogens is 366 g/mol. The van der Waals surface area contributed by atoms with Gasteiger partial charge in [0.25, 0.3) is 0 Å². The van der Waals surface area contributed by atoms with Crippen LogP contribution >= 0.6 is 0 Å². The smallest absolute Gasteiger partial charge is 0.312 e.